The van der Waals surface area contributed by atoms with Gasteiger partial charge in [0.2, 0.25) is 0 Å². The van der Waals surface area contributed by atoms with Crippen LogP contribution in [-0.4, -0.2) is 19.1 Å². The highest BCUT2D eigenvalue weighted by atomic mass is 32.1. The highest BCUT2D eigenvalue weighted by Crippen LogP contribution is 2.43. The monoisotopic (exact) mass is 742 g/mol. The first kappa shape index (κ1) is 30.9. The van der Waals surface area contributed by atoms with Crippen LogP contribution in [0, 0.1) is 0 Å². The molecule has 0 atom stereocenters. The van der Waals surface area contributed by atoms with Crippen molar-refractivity contribution in [2.75, 3.05) is 0 Å². The molecule has 0 fully saturated rings. The molecule has 0 saturated heterocycles. The lowest BCUT2D eigenvalue weighted by Crippen LogP contribution is -2.04. The average molecular weight is 743 g/mol. The summed E-state index contributed by atoms with van der Waals surface area (Å²) in [6, 6.07) is 65.9. The molecule has 5 heteroatoms. The number of thiophene rings is 1. The minimum Gasteiger partial charge on any atom is -0.309 e. The van der Waals surface area contributed by atoms with Crippen LogP contribution in [0.2, 0.25) is 0 Å². The van der Waals surface area contributed by atoms with Gasteiger partial charge in [0.1, 0.15) is 5.69 Å². The van der Waals surface area contributed by atoms with Gasteiger partial charge in [0.15, 0.2) is 5.82 Å². The molecule has 0 aliphatic carbocycles. The number of nitrogens with zero attached hydrogens (tertiary/aromatic N) is 4. The number of hydrogen-bond donors (Lipinski definition) is 0. The van der Waals surface area contributed by atoms with Gasteiger partial charge in [0.05, 0.1) is 33.1 Å². The maximum atomic E-state index is 5.53. The molecule has 4 aromatic heterocycles. The van der Waals surface area contributed by atoms with E-state index in [1.54, 1.807) is 0 Å². The summed E-state index contributed by atoms with van der Waals surface area (Å²) in [5.41, 5.74) is 9.27. The molecule has 13 aromatic rings. The van der Waals surface area contributed by atoms with Crippen LogP contribution in [0.5, 0.6) is 0 Å². The average Bonchev–Trinajstić information content (AvgIpc) is 3.93. The quantitative estimate of drug-likeness (QED) is 0.181. The SMILES string of the molecule is c1ccc2c(c1)ccc1c2c2ccccc2n1-c1ccc2c3c4ccccc4ccc3n(-c3nc4ccccc4nc3-c3ccc4sc5ccccc5c4c3)c2c1. The Morgan fingerprint density at radius 3 is 1.74 bits per heavy atom. The lowest BCUT2D eigenvalue weighted by Gasteiger charge is -2.15. The topological polar surface area (TPSA) is 35.6 Å². The fraction of sp³-hybridized carbons (Fsp3) is 0. The molecule has 0 radical (unpaired) electrons. The highest BCUT2D eigenvalue weighted by Gasteiger charge is 2.23. The molecule has 13 rings (SSSR count). The molecule has 57 heavy (non-hydrogen) atoms. The van der Waals surface area contributed by atoms with Crippen LogP contribution in [0.15, 0.2) is 182 Å². The van der Waals surface area contributed by atoms with Crippen molar-refractivity contribution in [2.45, 2.75) is 0 Å². The first-order valence-corrected chi connectivity index (χ1v) is 20.1. The Bertz CT molecular complexity index is 3830. The first-order chi connectivity index (χ1) is 28.3. The fourth-order valence-corrected chi connectivity index (χ4v) is 10.5. The van der Waals surface area contributed by atoms with E-state index in [0.717, 1.165) is 44.8 Å². The van der Waals surface area contributed by atoms with Gasteiger partial charge >= 0.3 is 0 Å². The maximum Gasteiger partial charge on any atom is 0.165 e. The summed E-state index contributed by atoms with van der Waals surface area (Å²) in [4.78, 5) is 11.0. The molecule has 4 nitrogen and oxygen atoms in total. The van der Waals surface area contributed by atoms with Crippen LogP contribution in [0.3, 0.4) is 0 Å². The van der Waals surface area contributed by atoms with Crippen LogP contribution in [0.25, 0.3) is 119 Å². The zero-order chi connectivity index (χ0) is 37.2. The van der Waals surface area contributed by atoms with Gasteiger partial charge in [-0.3, -0.25) is 4.57 Å². The third-order valence-corrected chi connectivity index (χ3v) is 13.0. The summed E-state index contributed by atoms with van der Waals surface area (Å²) in [6.07, 6.45) is 0. The van der Waals surface area contributed by atoms with Gasteiger partial charge < -0.3 is 4.57 Å². The van der Waals surface area contributed by atoms with Gasteiger partial charge in [-0.2, -0.15) is 0 Å². The predicted molar refractivity (Wildman–Crippen MR) is 242 cm³/mol. The van der Waals surface area contributed by atoms with Crippen molar-refractivity contribution in [2.24, 2.45) is 0 Å². The Kier molecular flexibility index (Phi) is 6.29. The number of para-hydroxylation sites is 3. The minimum absolute atomic E-state index is 0.813. The Morgan fingerprint density at radius 2 is 0.965 bits per heavy atom. The van der Waals surface area contributed by atoms with E-state index >= 15 is 0 Å². The van der Waals surface area contributed by atoms with Gasteiger partial charge in [-0.15, -0.1) is 11.3 Å². The van der Waals surface area contributed by atoms with Gasteiger partial charge in [-0.25, -0.2) is 9.97 Å². The zero-order valence-corrected chi connectivity index (χ0v) is 31.3. The van der Waals surface area contributed by atoms with E-state index in [1.165, 1.54) is 74.3 Å². The lowest BCUT2D eigenvalue weighted by atomic mass is 10.0. The maximum absolute atomic E-state index is 5.53. The van der Waals surface area contributed by atoms with Crippen molar-refractivity contribution in [3.63, 3.8) is 0 Å². The van der Waals surface area contributed by atoms with E-state index in [0.29, 0.717) is 0 Å². The lowest BCUT2D eigenvalue weighted by molar-refractivity contribution is 1.08. The summed E-state index contributed by atoms with van der Waals surface area (Å²) >= 11 is 1.83. The number of fused-ring (bicyclic) bond motifs is 14. The van der Waals surface area contributed by atoms with Crippen LogP contribution in [-0.2, 0) is 0 Å². The molecule has 9 aromatic carbocycles. The zero-order valence-electron chi connectivity index (χ0n) is 30.5. The van der Waals surface area contributed by atoms with Crippen LogP contribution >= 0.6 is 11.3 Å². The molecular weight excluding hydrogens is 713 g/mol. The van der Waals surface area contributed by atoms with E-state index in [4.69, 9.17) is 9.97 Å². The van der Waals surface area contributed by atoms with Gasteiger partial charge in [0, 0.05) is 53.0 Å². The normalized spacial score (nSPS) is 12.2. The van der Waals surface area contributed by atoms with Crippen LogP contribution in [0.1, 0.15) is 0 Å². The van der Waals surface area contributed by atoms with E-state index in [1.807, 2.05) is 23.5 Å². The number of hydrogen-bond acceptors (Lipinski definition) is 3. The summed E-state index contributed by atoms with van der Waals surface area (Å²) in [5.74, 6) is 0.813. The number of aromatic nitrogens is 4. The molecule has 0 N–H and O–H groups in total. The molecule has 0 amide bonds. The second-order valence-corrected chi connectivity index (χ2v) is 16.0. The van der Waals surface area contributed by atoms with E-state index in [-0.39, 0.29) is 0 Å². The third-order valence-electron chi connectivity index (χ3n) is 11.9. The van der Waals surface area contributed by atoms with Gasteiger partial charge in [-0.05, 0) is 82.2 Å². The van der Waals surface area contributed by atoms with Crippen molar-refractivity contribution in [3.05, 3.63) is 182 Å². The first-order valence-electron chi connectivity index (χ1n) is 19.3. The Balaban J connectivity index is 1.16. The number of benzene rings is 9. The Hall–Kier alpha value is -7.34. The summed E-state index contributed by atoms with van der Waals surface area (Å²) in [6.45, 7) is 0. The smallest absolute Gasteiger partial charge is 0.165 e. The highest BCUT2D eigenvalue weighted by molar-refractivity contribution is 7.25. The van der Waals surface area contributed by atoms with E-state index in [2.05, 4.69) is 179 Å². The van der Waals surface area contributed by atoms with Crippen molar-refractivity contribution < 1.29 is 0 Å². The second-order valence-electron chi connectivity index (χ2n) is 14.9. The molecule has 0 unspecified atom stereocenters. The predicted octanol–water partition coefficient (Wildman–Crippen LogP) is 14.2. The minimum atomic E-state index is 0.813. The van der Waals surface area contributed by atoms with Crippen molar-refractivity contribution in [1.29, 1.82) is 0 Å². The molecule has 4 heterocycles. The van der Waals surface area contributed by atoms with Gasteiger partial charge in [0.25, 0.3) is 0 Å². The van der Waals surface area contributed by atoms with Crippen LogP contribution < -0.4 is 0 Å². The third kappa shape index (κ3) is 4.37. The van der Waals surface area contributed by atoms with Crippen molar-refractivity contribution in [3.8, 4) is 22.8 Å². The molecular formula is C52H30N4S. The van der Waals surface area contributed by atoms with E-state index in [9.17, 15) is 0 Å². The largest absolute Gasteiger partial charge is 0.309 e. The standard InChI is InChI=1S/C52H30N4S/c1-3-13-35-31(11-1)21-26-44-49(35)38-16-5-9-19-43(38)55(44)34-24-25-39-46(30-34)56(45-27-22-32-12-2-4-14-36(32)50(39)45)52-51(53-41-17-7-8-18-42(41)54-52)33-23-28-48-40(29-33)37-15-6-10-20-47(37)57-48/h1-30H. The summed E-state index contributed by atoms with van der Waals surface area (Å²) in [5, 5.41) is 12.3. The Labute approximate surface area is 330 Å². The second kappa shape index (κ2) is 11.6. The van der Waals surface area contributed by atoms with Crippen molar-refractivity contribution in [1.82, 2.24) is 19.1 Å². The molecule has 0 aliphatic heterocycles. The van der Waals surface area contributed by atoms with Crippen LogP contribution in [0.4, 0.5) is 0 Å². The molecule has 0 bridgehead atoms. The number of rotatable bonds is 3. The summed E-state index contributed by atoms with van der Waals surface area (Å²) < 4.78 is 7.35. The molecule has 0 saturated carbocycles. The summed E-state index contributed by atoms with van der Waals surface area (Å²) in [7, 11) is 0. The van der Waals surface area contributed by atoms with E-state index < -0.39 is 0 Å². The Morgan fingerprint density at radius 1 is 0.368 bits per heavy atom. The van der Waals surface area contributed by atoms with Gasteiger partial charge in [-0.1, -0.05) is 121 Å². The van der Waals surface area contributed by atoms with Crippen molar-refractivity contribution >= 4 is 108 Å². The fourth-order valence-electron chi connectivity index (χ4n) is 9.37. The molecule has 0 spiro atoms. The molecule has 264 valence electrons. The molecule has 0 aliphatic rings.